The molecule has 2 heterocycles. The zero-order chi connectivity index (χ0) is 17.6. The van der Waals surface area contributed by atoms with Crippen LogP contribution in [0.3, 0.4) is 0 Å². The third kappa shape index (κ3) is 5.13. The van der Waals surface area contributed by atoms with Crippen LogP contribution in [0.4, 0.5) is 13.2 Å². The van der Waals surface area contributed by atoms with Gasteiger partial charge in [-0.3, -0.25) is 10.1 Å². The van der Waals surface area contributed by atoms with E-state index in [0.29, 0.717) is 5.69 Å². The van der Waals surface area contributed by atoms with Gasteiger partial charge in [0.05, 0.1) is 0 Å². The highest BCUT2D eigenvalue weighted by Gasteiger charge is 2.36. The maximum absolute atomic E-state index is 12.2. The molecule has 2 aromatic heterocycles. The van der Waals surface area contributed by atoms with Crippen molar-refractivity contribution >= 4 is 13.2 Å². The van der Waals surface area contributed by atoms with Gasteiger partial charge in [-0.25, -0.2) is 4.98 Å². The number of nitrogens with zero attached hydrogens (tertiary/aromatic N) is 3. The smallest absolute Gasteiger partial charge is 0.257 e. The fourth-order valence-corrected chi connectivity index (χ4v) is 2.50. The third-order valence-electron chi connectivity index (χ3n) is 2.92. The fraction of sp³-hybridized carbons (Fsp3) is 0.188. The van der Waals surface area contributed by atoms with Gasteiger partial charge in [-0.15, -0.1) is 5.10 Å². The number of halogens is 3. The summed E-state index contributed by atoms with van der Waals surface area (Å²) >= 11 is 0. The first kappa shape index (κ1) is 18.1. The van der Waals surface area contributed by atoms with Crippen LogP contribution in [0.15, 0.2) is 54.7 Å². The number of alkyl halides is 3. The molecule has 0 spiro atoms. The van der Waals surface area contributed by atoms with Gasteiger partial charge in [0, 0.05) is 6.20 Å². The molecule has 0 saturated heterocycles. The maximum atomic E-state index is 12.2. The quantitative estimate of drug-likeness (QED) is 0.711. The summed E-state index contributed by atoms with van der Waals surface area (Å²) in [7, 11) is 0.104. The molecule has 0 radical (unpaired) electrons. The SMILES string of the molecule is CP(C)c1ccccc1.FC(F)(F)c1n[nH]c(-c2ccccn2)n1. The molecule has 126 valence electrons. The Kier molecular flexibility index (Phi) is 6.04. The molecule has 24 heavy (non-hydrogen) atoms. The minimum absolute atomic E-state index is 0.00271. The van der Waals surface area contributed by atoms with Crippen LogP contribution < -0.4 is 5.30 Å². The van der Waals surface area contributed by atoms with Crippen molar-refractivity contribution in [1.29, 1.82) is 0 Å². The summed E-state index contributed by atoms with van der Waals surface area (Å²) in [5.74, 6) is -1.19. The van der Waals surface area contributed by atoms with Crippen LogP contribution in [0, 0.1) is 0 Å². The normalized spacial score (nSPS) is 11.1. The van der Waals surface area contributed by atoms with Crippen molar-refractivity contribution in [2.75, 3.05) is 13.3 Å². The summed E-state index contributed by atoms with van der Waals surface area (Å²) in [5, 5.41) is 6.73. The highest BCUT2D eigenvalue weighted by atomic mass is 31.1. The molecule has 1 N–H and O–H groups in total. The minimum atomic E-state index is -4.54. The third-order valence-corrected chi connectivity index (χ3v) is 4.25. The average Bonchev–Trinajstić information content (AvgIpc) is 3.07. The molecule has 0 amide bonds. The predicted molar refractivity (Wildman–Crippen MR) is 89.5 cm³/mol. The highest BCUT2D eigenvalue weighted by Crippen LogP contribution is 2.26. The van der Waals surface area contributed by atoms with Crippen molar-refractivity contribution in [2.24, 2.45) is 0 Å². The lowest BCUT2D eigenvalue weighted by molar-refractivity contribution is -0.144. The molecule has 0 aliphatic rings. The van der Waals surface area contributed by atoms with Gasteiger partial charge in [-0.2, -0.15) is 13.2 Å². The molecule has 0 saturated carbocycles. The number of hydrogen-bond acceptors (Lipinski definition) is 3. The second-order valence-electron chi connectivity index (χ2n) is 4.95. The van der Waals surface area contributed by atoms with Gasteiger partial charge in [0.15, 0.2) is 5.82 Å². The van der Waals surface area contributed by atoms with E-state index < -0.39 is 12.0 Å². The van der Waals surface area contributed by atoms with E-state index in [2.05, 4.69) is 63.8 Å². The molecule has 0 unspecified atom stereocenters. The summed E-state index contributed by atoms with van der Waals surface area (Å²) in [6.07, 6.45) is -3.07. The summed E-state index contributed by atoms with van der Waals surface area (Å²) in [6, 6.07) is 15.5. The van der Waals surface area contributed by atoms with Crippen LogP contribution in [-0.4, -0.2) is 33.5 Å². The van der Waals surface area contributed by atoms with Gasteiger partial charge < -0.3 is 0 Å². The van der Waals surface area contributed by atoms with Crippen LogP contribution in [0.1, 0.15) is 5.82 Å². The van der Waals surface area contributed by atoms with Crippen LogP contribution >= 0.6 is 7.92 Å². The molecule has 4 nitrogen and oxygen atoms in total. The van der Waals surface area contributed by atoms with E-state index in [1.54, 1.807) is 18.2 Å². The molecular formula is C16H16F3N4P. The van der Waals surface area contributed by atoms with Gasteiger partial charge in [0.2, 0.25) is 0 Å². The average molecular weight is 352 g/mol. The van der Waals surface area contributed by atoms with E-state index in [4.69, 9.17) is 0 Å². The maximum Gasteiger partial charge on any atom is 0.453 e. The predicted octanol–water partition coefficient (Wildman–Crippen LogP) is 3.94. The first-order valence-electron chi connectivity index (χ1n) is 7.01. The lowest BCUT2D eigenvalue weighted by atomic mass is 10.3. The number of nitrogens with one attached hydrogen (secondary N) is 1. The second-order valence-corrected chi connectivity index (χ2v) is 7.26. The van der Waals surface area contributed by atoms with Gasteiger partial charge in [-0.1, -0.05) is 44.3 Å². The molecule has 8 heteroatoms. The Morgan fingerprint density at radius 1 is 0.958 bits per heavy atom. The van der Waals surface area contributed by atoms with Crippen molar-refractivity contribution in [3.05, 3.63) is 60.6 Å². The van der Waals surface area contributed by atoms with Crippen molar-refractivity contribution in [3.8, 4) is 11.5 Å². The summed E-state index contributed by atoms with van der Waals surface area (Å²) < 4.78 is 36.5. The van der Waals surface area contributed by atoms with Crippen LogP contribution in [0.2, 0.25) is 0 Å². The highest BCUT2D eigenvalue weighted by molar-refractivity contribution is 7.64. The Balaban J connectivity index is 0.000000198. The van der Waals surface area contributed by atoms with Crippen molar-refractivity contribution in [1.82, 2.24) is 20.2 Å². The van der Waals surface area contributed by atoms with Crippen LogP contribution in [-0.2, 0) is 6.18 Å². The lowest BCUT2D eigenvalue weighted by Crippen LogP contribution is -2.07. The first-order chi connectivity index (χ1) is 11.4. The van der Waals surface area contributed by atoms with Gasteiger partial charge in [0.1, 0.15) is 5.69 Å². The molecule has 0 fully saturated rings. The zero-order valence-electron chi connectivity index (χ0n) is 13.1. The zero-order valence-corrected chi connectivity index (χ0v) is 14.0. The Morgan fingerprint density at radius 3 is 2.08 bits per heavy atom. The van der Waals surface area contributed by atoms with Gasteiger partial charge in [-0.05, 0) is 30.8 Å². The molecule has 0 bridgehead atoms. The summed E-state index contributed by atoms with van der Waals surface area (Å²) in [6.45, 7) is 4.54. The van der Waals surface area contributed by atoms with Gasteiger partial charge >= 0.3 is 6.18 Å². The largest absolute Gasteiger partial charge is 0.453 e. The Bertz CT molecular complexity index is 743. The standard InChI is InChI=1S/C8H5F3N4.C8H11P/c9-8(10,11)7-13-6(14-15-7)5-3-1-2-4-12-5;1-9(2)8-6-4-3-5-7-8/h1-4H,(H,13,14,15);3-7H,1-2H3. The Hall–Kier alpha value is -2.27. The molecular weight excluding hydrogens is 336 g/mol. The van der Waals surface area contributed by atoms with E-state index in [-0.39, 0.29) is 13.7 Å². The summed E-state index contributed by atoms with van der Waals surface area (Å²) in [4.78, 5) is 7.14. The number of hydrogen-bond donors (Lipinski definition) is 1. The van der Waals surface area contributed by atoms with E-state index in [9.17, 15) is 13.2 Å². The summed E-state index contributed by atoms with van der Waals surface area (Å²) in [5.41, 5.74) is 0.320. The first-order valence-corrected chi connectivity index (χ1v) is 9.25. The molecule has 1 aromatic carbocycles. The fourth-order valence-electron chi connectivity index (χ4n) is 1.73. The topological polar surface area (TPSA) is 54.5 Å². The number of aromatic amines is 1. The van der Waals surface area contributed by atoms with E-state index in [1.165, 1.54) is 11.5 Å². The minimum Gasteiger partial charge on any atom is -0.257 e. The van der Waals surface area contributed by atoms with Crippen LogP contribution in [0.25, 0.3) is 11.5 Å². The van der Waals surface area contributed by atoms with Crippen LogP contribution in [0.5, 0.6) is 0 Å². The van der Waals surface area contributed by atoms with Crippen molar-refractivity contribution < 1.29 is 13.2 Å². The second kappa shape index (κ2) is 8.02. The molecule has 0 atom stereocenters. The van der Waals surface area contributed by atoms with E-state index in [0.717, 1.165) is 0 Å². The van der Waals surface area contributed by atoms with Crippen molar-refractivity contribution in [3.63, 3.8) is 0 Å². The monoisotopic (exact) mass is 352 g/mol. The molecule has 3 aromatic rings. The number of H-pyrrole nitrogens is 1. The molecule has 0 aliphatic heterocycles. The van der Waals surface area contributed by atoms with E-state index >= 15 is 0 Å². The van der Waals surface area contributed by atoms with Gasteiger partial charge in [0.25, 0.3) is 5.82 Å². The molecule has 0 aliphatic carbocycles. The number of pyridine rings is 1. The number of benzene rings is 1. The number of aromatic nitrogens is 4. The van der Waals surface area contributed by atoms with Crippen molar-refractivity contribution in [2.45, 2.75) is 6.18 Å². The lowest BCUT2D eigenvalue weighted by Gasteiger charge is -2.02. The molecule has 3 rings (SSSR count). The van der Waals surface area contributed by atoms with E-state index in [1.807, 2.05) is 0 Å². The Labute approximate surface area is 138 Å². The number of rotatable bonds is 2. The Morgan fingerprint density at radius 2 is 1.62 bits per heavy atom.